The fourth-order valence-corrected chi connectivity index (χ4v) is 7.95. The molecule has 1 aromatic carbocycles. The molecule has 2 aliphatic rings. The highest BCUT2D eigenvalue weighted by Gasteiger charge is 2.50. The molecule has 3 rings (SSSR count). The van der Waals surface area contributed by atoms with Crippen LogP contribution in [0.4, 0.5) is 5.69 Å². The minimum absolute atomic E-state index is 0.0889. The molecule has 5 nitrogen and oxygen atoms in total. The topological polar surface area (TPSA) is 66.8 Å². The number of benzene rings is 1. The third-order valence-corrected chi connectivity index (χ3v) is 8.27. The van der Waals surface area contributed by atoms with E-state index in [2.05, 4.69) is 20.9 Å². The van der Waals surface area contributed by atoms with Crippen LogP contribution >= 0.6 is 27.7 Å². The number of carbonyl (C=O) groups excluding carboxylic acids is 1. The second-order valence-electron chi connectivity index (χ2n) is 8.01. The summed E-state index contributed by atoms with van der Waals surface area (Å²) in [5.41, 5.74) is 2.43. The predicted octanol–water partition coefficient (Wildman–Crippen LogP) is 3.71. The molecule has 8 heteroatoms. The number of hydrogen-bond acceptors (Lipinski definition) is 4. The van der Waals surface area contributed by atoms with Crippen LogP contribution < -0.4 is 4.90 Å². The number of amides is 1. The molecule has 0 bridgehead atoms. The highest BCUT2D eigenvalue weighted by molar-refractivity contribution is 9.10. The van der Waals surface area contributed by atoms with Gasteiger partial charge in [-0.05, 0) is 37.1 Å². The Bertz CT molecular complexity index is 880. The number of amidine groups is 1. The Morgan fingerprint density at radius 3 is 2.35 bits per heavy atom. The first-order valence-electron chi connectivity index (χ1n) is 8.45. The second kappa shape index (κ2) is 6.63. The lowest BCUT2D eigenvalue weighted by Gasteiger charge is -2.28. The van der Waals surface area contributed by atoms with Gasteiger partial charge in [0.25, 0.3) is 5.91 Å². The number of fused-ring (bicyclic) bond motifs is 1. The van der Waals surface area contributed by atoms with Gasteiger partial charge in [0.15, 0.2) is 15.0 Å². The van der Waals surface area contributed by atoms with E-state index in [1.165, 1.54) is 11.8 Å². The van der Waals surface area contributed by atoms with Crippen LogP contribution in [0.1, 0.15) is 31.9 Å². The molecule has 2 aliphatic heterocycles. The van der Waals surface area contributed by atoms with Crippen molar-refractivity contribution >= 4 is 54.3 Å². The lowest BCUT2D eigenvalue weighted by atomic mass is 9.96. The van der Waals surface area contributed by atoms with Crippen LogP contribution in [-0.2, 0) is 14.6 Å². The maximum Gasteiger partial charge on any atom is 0.253 e. The zero-order valence-corrected chi connectivity index (χ0v) is 18.8. The minimum Gasteiger partial charge on any atom is -0.315 e. The van der Waals surface area contributed by atoms with Crippen molar-refractivity contribution in [3.8, 4) is 0 Å². The Morgan fingerprint density at radius 1 is 1.23 bits per heavy atom. The normalized spacial score (nSPS) is 26.4. The lowest BCUT2D eigenvalue weighted by Crippen LogP contribution is -2.39. The van der Waals surface area contributed by atoms with E-state index >= 15 is 0 Å². The number of halogens is 1. The lowest BCUT2D eigenvalue weighted by molar-refractivity contribution is -0.124. The molecule has 2 atom stereocenters. The van der Waals surface area contributed by atoms with Gasteiger partial charge in [-0.15, -0.1) is 0 Å². The first-order valence-corrected chi connectivity index (χ1v) is 11.9. The first kappa shape index (κ1) is 19.9. The summed E-state index contributed by atoms with van der Waals surface area (Å²) in [6.45, 7) is 9.51. The van der Waals surface area contributed by atoms with E-state index in [1.807, 2.05) is 51.7 Å². The molecule has 1 amide bonds. The number of nitrogens with zero attached hydrogens (tertiary/aromatic N) is 2. The van der Waals surface area contributed by atoms with Crippen molar-refractivity contribution in [2.45, 2.75) is 45.9 Å². The van der Waals surface area contributed by atoms with E-state index in [4.69, 9.17) is 0 Å². The standard InChI is InChI=1S/C18H23BrN2O3S2/c1-10-6-12(19)7-11(2)15(10)21-13-8-26(23,24)9-14(13)25-17(21)20-16(22)18(3,4)5/h6-7,13-14H,8-9H2,1-5H3/t13-,14-/m0/s1. The van der Waals surface area contributed by atoms with E-state index in [9.17, 15) is 13.2 Å². The highest BCUT2D eigenvalue weighted by atomic mass is 79.9. The van der Waals surface area contributed by atoms with Crippen molar-refractivity contribution in [3.05, 3.63) is 27.7 Å². The van der Waals surface area contributed by atoms with Crippen LogP contribution in [0.5, 0.6) is 0 Å². The zero-order chi connectivity index (χ0) is 19.4. The summed E-state index contributed by atoms with van der Waals surface area (Å²) in [7, 11) is -3.07. The quantitative estimate of drug-likeness (QED) is 0.641. The van der Waals surface area contributed by atoms with E-state index in [-0.39, 0.29) is 28.7 Å². The number of sulfone groups is 1. The summed E-state index contributed by atoms with van der Waals surface area (Å²) in [5.74, 6) is 0.0404. The average Bonchev–Trinajstić information content (AvgIpc) is 2.90. The molecule has 0 spiro atoms. The number of carbonyl (C=O) groups is 1. The molecule has 0 saturated carbocycles. The van der Waals surface area contributed by atoms with E-state index in [1.54, 1.807) is 0 Å². The van der Waals surface area contributed by atoms with Crippen molar-refractivity contribution < 1.29 is 13.2 Å². The van der Waals surface area contributed by atoms with Crippen LogP contribution in [0.25, 0.3) is 0 Å². The van der Waals surface area contributed by atoms with Crippen molar-refractivity contribution in [3.63, 3.8) is 0 Å². The molecule has 2 heterocycles. The molecule has 2 saturated heterocycles. The fourth-order valence-electron chi connectivity index (χ4n) is 3.36. The molecule has 2 fully saturated rings. The average molecular weight is 459 g/mol. The summed E-state index contributed by atoms with van der Waals surface area (Å²) in [6.07, 6.45) is 0. The van der Waals surface area contributed by atoms with Crippen LogP contribution in [0.2, 0.25) is 0 Å². The molecule has 1 aromatic rings. The van der Waals surface area contributed by atoms with Crippen molar-refractivity contribution in [1.29, 1.82) is 0 Å². The van der Waals surface area contributed by atoms with Crippen LogP contribution in [0.15, 0.2) is 21.6 Å². The summed E-state index contributed by atoms with van der Waals surface area (Å²) in [4.78, 5) is 18.9. The van der Waals surface area contributed by atoms with E-state index in [0.29, 0.717) is 5.17 Å². The van der Waals surface area contributed by atoms with E-state index < -0.39 is 15.3 Å². The maximum atomic E-state index is 12.5. The van der Waals surface area contributed by atoms with E-state index in [0.717, 1.165) is 21.3 Å². The fraction of sp³-hybridized carbons (Fsp3) is 0.556. The van der Waals surface area contributed by atoms with Crippen LogP contribution in [0, 0.1) is 19.3 Å². The summed E-state index contributed by atoms with van der Waals surface area (Å²) < 4.78 is 25.3. The van der Waals surface area contributed by atoms with Gasteiger partial charge in [0.1, 0.15) is 0 Å². The highest BCUT2D eigenvalue weighted by Crippen LogP contribution is 2.43. The monoisotopic (exact) mass is 458 g/mol. The first-order chi connectivity index (χ1) is 11.9. The third-order valence-electron chi connectivity index (χ3n) is 4.60. The van der Waals surface area contributed by atoms with Gasteiger partial charge in [0.2, 0.25) is 0 Å². The van der Waals surface area contributed by atoms with Gasteiger partial charge in [0, 0.05) is 20.8 Å². The second-order valence-corrected chi connectivity index (χ2v) is 12.3. The van der Waals surface area contributed by atoms with Gasteiger partial charge in [-0.1, -0.05) is 48.5 Å². The number of rotatable bonds is 1. The van der Waals surface area contributed by atoms with Gasteiger partial charge in [-0.25, -0.2) is 8.42 Å². The number of hydrogen-bond donors (Lipinski definition) is 0. The largest absolute Gasteiger partial charge is 0.315 e. The number of aliphatic imine (C=N–C) groups is 1. The Hall–Kier alpha value is -0.860. The molecule has 0 aliphatic carbocycles. The molecule has 0 N–H and O–H groups in total. The molecule has 26 heavy (non-hydrogen) atoms. The number of anilines is 1. The SMILES string of the molecule is Cc1cc(Br)cc(C)c1N1C(=NC(=O)C(C)(C)C)S[C@H]2CS(=O)(=O)C[C@@H]21. The van der Waals surface area contributed by atoms with Crippen LogP contribution in [-0.4, -0.2) is 42.3 Å². The maximum absolute atomic E-state index is 12.5. The molecule has 142 valence electrons. The minimum atomic E-state index is -3.07. The van der Waals surface area contributed by atoms with Gasteiger partial charge in [-0.3, -0.25) is 4.79 Å². The van der Waals surface area contributed by atoms with Gasteiger partial charge < -0.3 is 4.90 Å². The Labute approximate surface area is 167 Å². The summed E-state index contributed by atoms with van der Waals surface area (Å²) >= 11 is 4.92. The Morgan fingerprint density at radius 2 is 1.81 bits per heavy atom. The zero-order valence-electron chi connectivity index (χ0n) is 15.5. The van der Waals surface area contributed by atoms with Crippen LogP contribution in [0.3, 0.4) is 0 Å². The van der Waals surface area contributed by atoms with Crippen molar-refractivity contribution in [1.82, 2.24) is 0 Å². The Kier molecular flexibility index (Phi) is 5.08. The number of thioether (sulfide) groups is 1. The summed E-state index contributed by atoms with van der Waals surface area (Å²) in [5, 5.41) is 0.525. The number of aryl methyl sites for hydroxylation is 2. The third kappa shape index (κ3) is 3.73. The Balaban J connectivity index is 2.13. The van der Waals surface area contributed by atoms with Crippen molar-refractivity contribution in [2.24, 2.45) is 10.4 Å². The van der Waals surface area contributed by atoms with Gasteiger partial charge in [0.05, 0.1) is 17.5 Å². The van der Waals surface area contributed by atoms with Gasteiger partial charge in [-0.2, -0.15) is 4.99 Å². The molecular formula is C18H23BrN2O3S2. The van der Waals surface area contributed by atoms with Gasteiger partial charge >= 0.3 is 0 Å². The molecule has 0 unspecified atom stereocenters. The molecule has 0 aromatic heterocycles. The molecular weight excluding hydrogens is 436 g/mol. The summed E-state index contributed by atoms with van der Waals surface area (Å²) in [6, 6.07) is 3.83. The predicted molar refractivity (Wildman–Crippen MR) is 112 cm³/mol. The van der Waals surface area contributed by atoms with Crippen molar-refractivity contribution in [2.75, 3.05) is 16.4 Å². The smallest absolute Gasteiger partial charge is 0.253 e. The molecule has 0 radical (unpaired) electrons.